The Kier molecular flexibility index (Phi) is 7.69. The fourth-order valence-electron chi connectivity index (χ4n) is 9.08. The number of hydrazone groups is 1. The van der Waals surface area contributed by atoms with Gasteiger partial charge in [0.25, 0.3) is 5.69 Å². The molecule has 0 saturated heterocycles. The molecule has 1 aromatic carbocycles. The summed E-state index contributed by atoms with van der Waals surface area (Å²) in [6.07, 6.45) is 4.89. The van der Waals surface area contributed by atoms with Crippen LogP contribution in [0.5, 0.6) is 0 Å². The van der Waals surface area contributed by atoms with Gasteiger partial charge in [0.15, 0.2) is 0 Å². The second-order valence-corrected chi connectivity index (χ2v) is 13.3. The van der Waals surface area contributed by atoms with Crippen LogP contribution < -0.4 is 5.43 Å². The molecule has 12 nitrogen and oxygen atoms in total. The predicted molar refractivity (Wildman–Crippen MR) is 153 cm³/mol. The molecule has 0 aromatic heterocycles. The van der Waals surface area contributed by atoms with Gasteiger partial charge in [-0.1, -0.05) is 20.8 Å². The molecule has 226 valence electrons. The number of non-ortho nitro benzene ring substituents is 1. The van der Waals surface area contributed by atoms with E-state index in [2.05, 4.69) is 17.5 Å². The lowest BCUT2D eigenvalue weighted by atomic mass is 9.44. The summed E-state index contributed by atoms with van der Waals surface area (Å²) in [7, 11) is 0. The Bertz CT molecular complexity index is 1380. The predicted octanol–water partition coefficient (Wildman–Crippen LogP) is 5.79. The summed E-state index contributed by atoms with van der Waals surface area (Å²) in [5.41, 5.74) is 1.90. The standard InChI is InChI=1S/C30H38N4O8/c1-16(4-9-27(37)38)20-6-7-21-28-22(15-26(36)30(20,21)3)29(2)11-10-18(12-17(29)13-25(28)35)31-32-23-8-5-19(33(39)40)14-24(23)34(41)42/h5,8,14,16-17,20-22,28,32H,4,6-7,9-13,15H2,1-3H3,(H,37,38)/b31-18-. The van der Waals surface area contributed by atoms with E-state index in [1.165, 1.54) is 12.1 Å². The largest absolute Gasteiger partial charge is 0.481 e. The van der Waals surface area contributed by atoms with Crippen molar-refractivity contribution >= 4 is 40.3 Å². The Morgan fingerprint density at radius 3 is 2.52 bits per heavy atom. The molecule has 4 aliphatic carbocycles. The number of nitro groups is 2. The summed E-state index contributed by atoms with van der Waals surface area (Å²) in [5.74, 6) is -0.511. The van der Waals surface area contributed by atoms with Crippen molar-refractivity contribution in [2.75, 3.05) is 5.43 Å². The second kappa shape index (κ2) is 10.9. The molecule has 8 unspecified atom stereocenters. The average Bonchev–Trinajstić information content (AvgIpc) is 3.29. The molecule has 2 N–H and O–H groups in total. The maximum Gasteiger partial charge on any atom is 0.303 e. The zero-order valence-corrected chi connectivity index (χ0v) is 24.2. The summed E-state index contributed by atoms with van der Waals surface area (Å²) in [6, 6.07) is 3.35. The molecule has 4 saturated carbocycles. The van der Waals surface area contributed by atoms with Crippen LogP contribution in [0.2, 0.25) is 0 Å². The average molecular weight is 583 g/mol. The number of hydrogen-bond donors (Lipinski definition) is 2. The third-order valence-corrected chi connectivity index (χ3v) is 11.5. The maximum atomic E-state index is 13.9. The first-order valence-corrected chi connectivity index (χ1v) is 14.8. The fourth-order valence-corrected chi connectivity index (χ4v) is 9.08. The Morgan fingerprint density at radius 2 is 1.86 bits per heavy atom. The molecule has 4 aliphatic rings. The van der Waals surface area contributed by atoms with E-state index in [9.17, 15) is 39.7 Å². The number of ketones is 2. The van der Waals surface area contributed by atoms with Crippen molar-refractivity contribution in [3.8, 4) is 0 Å². The van der Waals surface area contributed by atoms with E-state index in [1.807, 2.05) is 13.8 Å². The van der Waals surface area contributed by atoms with Crippen molar-refractivity contribution in [2.24, 2.45) is 51.4 Å². The molecule has 0 spiro atoms. The first-order chi connectivity index (χ1) is 19.8. The number of hydrogen-bond acceptors (Lipinski definition) is 9. The molecule has 4 fully saturated rings. The number of rotatable bonds is 8. The third kappa shape index (κ3) is 4.88. The van der Waals surface area contributed by atoms with E-state index in [0.717, 1.165) is 31.0 Å². The molecular weight excluding hydrogens is 544 g/mol. The van der Waals surface area contributed by atoms with E-state index in [1.54, 1.807) is 0 Å². The lowest BCUT2D eigenvalue weighted by molar-refractivity contribution is -0.393. The van der Waals surface area contributed by atoms with Crippen LogP contribution in [0.4, 0.5) is 17.1 Å². The minimum atomic E-state index is -0.834. The summed E-state index contributed by atoms with van der Waals surface area (Å²) < 4.78 is 0. The van der Waals surface area contributed by atoms with E-state index in [0.29, 0.717) is 32.1 Å². The minimum Gasteiger partial charge on any atom is -0.481 e. The highest BCUT2D eigenvalue weighted by Crippen LogP contribution is 2.66. The van der Waals surface area contributed by atoms with Gasteiger partial charge in [-0.05, 0) is 79.6 Å². The Labute approximate surface area is 243 Å². The molecule has 0 radical (unpaired) electrons. The van der Waals surface area contributed by atoms with Crippen LogP contribution in [0, 0.1) is 66.6 Å². The molecule has 0 bridgehead atoms. The number of benzene rings is 1. The van der Waals surface area contributed by atoms with Gasteiger partial charge in [0.2, 0.25) is 0 Å². The van der Waals surface area contributed by atoms with E-state index in [-0.39, 0.29) is 70.3 Å². The quantitative estimate of drug-likeness (QED) is 0.283. The van der Waals surface area contributed by atoms with E-state index >= 15 is 0 Å². The number of carboxylic acids is 1. The monoisotopic (exact) mass is 582 g/mol. The van der Waals surface area contributed by atoms with Crippen LogP contribution in [0.25, 0.3) is 0 Å². The number of carbonyl (C=O) groups excluding carboxylic acids is 2. The zero-order valence-electron chi connectivity index (χ0n) is 24.2. The molecule has 42 heavy (non-hydrogen) atoms. The summed E-state index contributed by atoms with van der Waals surface area (Å²) in [5, 5.41) is 36.2. The maximum absolute atomic E-state index is 13.9. The number of anilines is 1. The van der Waals surface area contributed by atoms with Crippen molar-refractivity contribution in [2.45, 2.75) is 78.6 Å². The fraction of sp³-hybridized carbons (Fsp3) is 0.667. The second-order valence-electron chi connectivity index (χ2n) is 13.3. The Balaban J connectivity index is 1.34. The van der Waals surface area contributed by atoms with E-state index in [4.69, 9.17) is 0 Å². The van der Waals surface area contributed by atoms with Crippen LogP contribution in [0.3, 0.4) is 0 Å². The summed E-state index contributed by atoms with van der Waals surface area (Å²) in [4.78, 5) is 60.1. The van der Waals surface area contributed by atoms with Gasteiger partial charge in [0.05, 0.1) is 15.9 Å². The van der Waals surface area contributed by atoms with Gasteiger partial charge >= 0.3 is 11.7 Å². The van der Waals surface area contributed by atoms with Crippen molar-refractivity contribution < 1.29 is 29.3 Å². The normalized spacial score (nSPS) is 35.6. The Hall–Kier alpha value is -3.70. The first kappa shape index (κ1) is 29.8. The molecule has 1 aromatic rings. The highest BCUT2D eigenvalue weighted by Gasteiger charge is 2.66. The summed E-state index contributed by atoms with van der Waals surface area (Å²) in [6.45, 7) is 6.27. The van der Waals surface area contributed by atoms with Crippen LogP contribution in [-0.2, 0) is 14.4 Å². The molecule has 0 heterocycles. The molecule has 0 aliphatic heterocycles. The smallest absolute Gasteiger partial charge is 0.303 e. The highest BCUT2D eigenvalue weighted by molar-refractivity contribution is 5.93. The van der Waals surface area contributed by atoms with Crippen LogP contribution >= 0.6 is 0 Å². The highest BCUT2D eigenvalue weighted by atomic mass is 16.6. The topological polar surface area (TPSA) is 182 Å². The summed E-state index contributed by atoms with van der Waals surface area (Å²) >= 11 is 0. The molecule has 0 amide bonds. The van der Waals surface area contributed by atoms with Crippen LogP contribution in [0.1, 0.15) is 78.6 Å². The van der Waals surface area contributed by atoms with Gasteiger partial charge in [-0.3, -0.25) is 40.0 Å². The van der Waals surface area contributed by atoms with Crippen molar-refractivity contribution in [3.63, 3.8) is 0 Å². The number of aliphatic carboxylic acids is 1. The third-order valence-electron chi connectivity index (χ3n) is 11.5. The lowest BCUT2D eigenvalue weighted by Gasteiger charge is -2.59. The number of nitrogens with one attached hydrogen (secondary N) is 1. The lowest BCUT2D eigenvalue weighted by Crippen LogP contribution is -2.60. The molecule has 8 atom stereocenters. The zero-order chi connectivity index (χ0) is 30.6. The number of nitrogens with zero attached hydrogens (tertiary/aromatic N) is 3. The number of nitro benzene ring substituents is 2. The number of Topliss-reactive ketones (excluding diaryl/α,β-unsaturated/α-hetero) is 2. The van der Waals surface area contributed by atoms with Gasteiger partial charge in [0.1, 0.15) is 17.3 Å². The number of fused-ring (bicyclic) bond motifs is 5. The number of carboxylic acid groups (broad SMARTS) is 1. The SMILES string of the molecule is CC(CCC(=O)O)C1CCC2C3C(=O)CC4C/C(=N\Nc5ccc([N+](=O)[O-])cc5[N+](=O)[O-])CCC4(C)C3CC(=O)C12C. The first-order valence-electron chi connectivity index (χ1n) is 14.8. The van der Waals surface area contributed by atoms with Gasteiger partial charge in [0, 0.05) is 42.4 Å². The molecular formula is C30H38N4O8. The van der Waals surface area contributed by atoms with Gasteiger partial charge in [-0.25, -0.2) is 0 Å². The minimum absolute atomic E-state index is 0.00348. The van der Waals surface area contributed by atoms with Crippen LogP contribution in [0.15, 0.2) is 23.3 Å². The van der Waals surface area contributed by atoms with Crippen molar-refractivity contribution in [1.29, 1.82) is 0 Å². The number of carbonyl (C=O) groups is 3. The van der Waals surface area contributed by atoms with Gasteiger partial charge < -0.3 is 5.11 Å². The van der Waals surface area contributed by atoms with E-state index < -0.39 is 26.9 Å². The van der Waals surface area contributed by atoms with Crippen molar-refractivity contribution in [1.82, 2.24) is 0 Å². The van der Waals surface area contributed by atoms with Crippen LogP contribution in [-0.4, -0.2) is 38.2 Å². The molecule has 5 rings (SSSR count). The molecule has 12 heteroatoms. The van der Waals surface area contributed by atoms with Gasteiger partial charge in [-0.2, -0.15) is 5.10 Å². The van der Waals surface area contributed by atoms with Crippen molar-refractivity contribution in [3.05, 3.63) is 38.4 Å². The van der Waals surface area contributed by atoms with Gasteiger partial charge in [-0.15, -0.1) is 0 Å². The Morgan fingerprint density at radius 1 is 1.12 bits per heavy atom.